The number of nitrogens with zero attached hydrogens (tertiary/aromatic N) is 3. The largest absolute Gasteiger partial charge is 0.454 e. The summed E-state index contributed by atoms with van der Waals surface area (Å²) in [4.78, 5) is 17.8. The van der Waals surface area contributed by atoms with Gasteiger partial charge in [0.1, 0.15) is 0 Å². The third kappa shape index (κ3) is 4.11. The third-order valence-electron chi connectivity index (χ3n) is 6.11. The molecule has 34 heavy (non-hydrogen) atoms. The first-order chi connectivity index (χ1) is 16.4. The summed E-state index contributed by atoms with van der Waals surface area (Å²) in [6.07, 6.45) is 7.25. The van der Waals surface area contributed by atoms with Gasteiger partial charge in [0.2, 0.25) is 16.8 Å². The molecule has 0 radical (unpaired) electrons. The Kier molecular flexibility index (Phi) is 5.93. The molecule has 0 atom stereocenters. The van der Waals surface area contributed by atoms with E-state index in [4.69, 9.17) is 15.9 Å². The van der Waals surface area contributed by atoms with E-state index in [0.717, 1.165) is 23.1 Å². The average molecular weight is 498 g/mol. The molecule has 2 aromatic carbocycles. The van der Waals surface area contributed by atoms with Crippen molar-refractivity contribution in [2.45, 2.75) is 31.2 Å². The molecule has 0 aliphatic carbocycles. The number of sulfonamides is 1. The first-order valence-corrected chi connectivity index (χ1v) is 13.2. The number of hydrogen-bond acceptors (Lipinski definition) is 6. The minimum Gasteiger partial charge on any atom is -0.454 e. The molecule has 0 unspecified atom stereocenters. The smallest absolute Gasteiger partial charge is 0.279 e. The fourth-order valence-electron chi connectivity index (χ4n) is 4.08. The standard InChI is InChI=1S/C24H23N3O5S2/c1-3-10-27-19-13-20-21(32-15-31-20)14-22(19)33-24(27)25-23(28)17-4-6-18(7-5-17)34(29,30)26-11-8-16(2)9-12-26/h1,4-7,13-14,16H,8-12,15H2,2H3. The topological polar surface area (TPSA) is 90.2 Å². The van der Waals surface area contributed by atoms with Crippen LogP contribution in [0, 0.1) is 18.3 Å². The molecule has 0 N–H and O–H groups in total. The number of benzene rings is 2. The molecule has 2 aliphatic rings. The lowest BCUT2D eigenvalue weighted by Gasteiger charge is -2.29. The maximum Gasteiger partial charge on any atom is 0.279 e. The number of fused-ring (bicyclic) bond motifs is 2. The first kappa shape index (κ1) is 22.7. The van der Waals surface area contributed by atoms with Crippen LogP contribution in [0.2, 0.25) is 0 Å². The Morgan fingerprint density at radius 3 is 2.53 bits per heavy atom. The van der Waals surface area contributed by atoms with E-state index in [1.54, 1.807) is 4.57 Å². The van der Waals surface area contributed by atoms with E-state index in [-0.39, 0.29) is 18.2 Å². The number of aromatic nitrogens is 1. The summed E-state index contributed by atoms with van der Waals surface area (Å²) in [5, 5.41) is 0. The number of amides is 1. The molecule has 0 saturated carbocycles. The molecule has 1 aromatic heterocycles. The number of thiazole rings is 1. The molecule has 10 heteroatoms. The number of piperidine rings is 1. The van der Waals surface area contributed by atoms with Crippen LogP contribution in [0.25, 0.3) is 10.2 Å². The summed E-state index contributed by atoms with van der Waals surface area (Å²) in [5.41, 5.74) is 1.10. The van der Waals surface area contributed by atoms with Crippen molar-refractivity contribution in [3.8, 4) is 23.8 Å². The van der Waals surface area contributed by atoms with Crippen LogP contribution in [0.5, 0.6) is 11.5 Å². The lowest BCUT2D eigenvalue weighted by molar-refractivity contribution is 0.0997. The predicted octanol–water partition coefficient (Wildman–Crippen LogP) is 3.23. The molecule has 1 saturated heterocycles. The summed E-state index contributed by atoms with van der Waals surface area (Å²) in [6.45, 7) is 3.56. The maximum atomic E-state index is 12.9. The Balaban J connectivity index is 1.45. The van der Waals surface area contributed by atoms with Gasteiger partial charge in [-0.15, -0.1) is 6.42 Å². The average Bonchev–Trinajstić information content (AvgIpc) is 3.42. The number of carbonyl (C=O) groups excluding carboxylic acids is 1. The minimum atomic E-state index is -3.58. The highest BCUT2D eigenvalue weighted by Crippen LogP contribution is 2.37. The van der Waals surface area contributed by atoms with Crippen LogP contribution >= 0.6 is 11.3 Å². The van der Waals surface area contributed by atoms with E-state index in [1.165, 1.54) is 39.9 Å². The lowest BCUT2D eigenvalue weighted by atomic mass is 10.0. The van der Waals surface area contributed by atoms with E-state index >= 15 is 0 Å². The van der Waals surface area contributed by atoms with Crippen molar-refractivity contribution in [3.63, 3.8) is 0 Å². The van der Waals surface area contributed by atoms with Crippen LogP contribution in [0.3, 0.4) is 0 Å². The Morgan fingerprint density at radius 2 is 1.85 bits per heavy atom. The van der Waals surface area contributed by atoms with Crippen LogP contribution in [0.1, 0.15) is 30.1 Å². The molecule has 0 spiro atoms. The van der Waals surface area contributed by atoms with Crippen molar-refractivity contribution in [2.24, 2.45) is 10.9 Å². The fraction of sp³-hybridized carbons (Fsp3) is 0.333. The second-order valence-electron chi connectivity index (χ2n) is 8.38. The van der Waals surface area contributed by atoms with E-state index < -0.39 is 15.9 Å². The highest BCUT2D eigenvalue weighted by molar-refractivity contribution is 7.89. The number of hydrogen-bond donors (Lipinski definition) is 0. The Morgan fingerprint density at radius 1 is 1.18 bits per heavy atom. The molecular weight excluding hydrogens is 474 g/mol. The summed E-state index contributed by atoms with van der Waals surface area (Å²) >= 11 is 1.32. The van der Waals surface area contributed by atoms with Crippen LogP contribution in [-0.4, -0.2) is 43.1 Å². The molecule has 1 fully saturated rings. The third-order valence-corrected chi connectivity index (χ3v) is 9.06. The SMILES string of the molecule is C#CCn1c(=NC(=O)c2ccc(S(=O)(=O)N3CCC(C)CC3)cc2)sc2cc3c(cc21)OCO3. The zero-order valence-corrected chi connectivity index (χ0v) is 20.2. The zero-order chi connectivity index (χ0) is 23.9. The van der Waals surface area contributed by atoms with Gasteiger partial charge in [0, 0.05) is 30.8 Å². The van der Waals surface area contributed by atoms with Gasteiger partial charge in [-0.25, -0.2) is 8.42 Å². The van der Waals surface area contributed by atoms with Crippen molar-refractivity contribution < 1.29 is 22.7 Å². The second-order valence-corrected chi connectivity index (χ2v) is 11.3. The highest BCUT2D eigenvalue weighted by Gasteiger charge is 2.28. The van der Waals surface area contributed by atoms with Gasteiger partial charge in [-0.05, 0) is 43.0 Å². The maximum absolute atomic E-state index is 12.9. The van der Waals surface area contributed by atoms with Gasteiger partial charge in [-0.3, -0.25) is 4.79 Å². The van der Waals surface area contributed by atoms with Gasteiger partial charge in [-0.1, -0.05) is 24.2 Å². The van der Waals surface area contributed by atoms with Crippen LogP contribution in [0.15, 0.2) is 46.3 Å². The Hall–Kier alpha value is -3.13. The quantitative estimate of drug-likeness (QED) is 0.517. The van der Waals surface area contributed by atoms with Crippen molar-refractivity contribution in [1.82, 2.24) is 8.87 Å². The Bertz CT molecular complexity index is 1470. The van der Waals surface area contributed by atoms with Gasteiger partial charge in [0.25, 0.3) is 5.91 Å². The monoisotopic (exact) mass is 497 g/mol. The minimum absolute atomic E-state index is 0.167. The summed E-state index contributed by atoms with van der Waals surface area (Å²) in [6, 6.07) is 9.61. The van der Waals surface area contributed by atoms with E-state index in [0.29, 0.717) is 40.9 Å². The van der Waals surface area contributed by atoms with Crippen molar-refractivity contribution in [2.75, 3.05) is 19.9 Å². The number of ether oxygens (including phenoxy) is 2. The van der Waals surface area contributed by atoms with Crippen LogP contribution < -0.4 is 14.3 Å². The molecule has 2 aliphatic heterocycles. The summed E-state index contributed by atoms with van der Waals surface area (Å²) in [5.74, 6) is 3.90. The summed E-state index contributed by atoms with van der Waals surface area (Å²) in [7, 11) is -3.58. The fourth-order valence-corrected chi connectivity index (χ4v) is 6.59. The van der Waals surface area contributed by atoms with E-state index in [1.807, 2.05) is 12.1 Å². The van der Waals surface area contributed by atoms with Crippen molar-refractivity contribution in [3.05, 3.63) is 46.8 Å². The molecule has 176 valence electrons. The molecule has 3 aromatic rings. The number of terminal acetylenes is 1. The molecule has 1 amide bonds. The van der Waals surface area contributed by atoms with Gasteiger partial charge in [0.15, 0.2) is 16.3 Å². The number of rotatable bonds is 4. The van der Waals surface area contributed by atoms with E-state index in [2.05, 4.69) is 17.8 Å². The lowest BCUT2D eigenvalue weighted by Crippen LogP contribution is -2.37. The number of carbonyl (C=O) groups is 1. The predicted molar refractivity (Wildman–Crippen MR) is 128 cm³/mol. The zero-order valence-electron chi connectivity index (χ0n) is 18.6. The second kappa shape index (κ2) is 8.91. The van der Waals surface area contributed by atoms with Crippen molar-refractivity contribution in [1.29, 1.82) is 0 Å². The Labute approximate surface area is 201 Å². The highest BCUT2D eigenvalue weighted by atomic mass is 32.2. The van der Waals surface area contributed by atoms with Crippen molar-refractivity contribution >= 4 is 37.5 Å². The molecule has 3 heterocycles. The van der Waals surface area contributed by atoms with Gasteiger partial charge in [-0.2, -0.15) is 9.30 Å². The molecule has 8 nitrogen and oxygen atoms in total. The van der Waals surface area contributed by atoms with Gasteiger partial charge < -0.3 is 14.0 Å². The summed E-state index contributed by atoms with van der Waals surface area (Å²) < 4.78 is 40.9. The molecule has 0 bridgehead atoms. The first-order valence-electron chi connectivity index (χ1n) is 10.9. The molecule has 5 rings (SSSR count). The van der Waals surface area contributed by atoms with Crippen LogP contribution in [-0.2, 0) is 16.6 Å². The van der Waals surface area contributed by atoms with E-state index in [9.17, 15) is 13.2 Å². The van der Waals surface area contributed by atoms with Gasteiger partial charge >= 0.3 is 0 Å². The molecular formula is C24H23N3O5S2. The van der Waals surface area contributed by atoms with Gasteiger partial charge in [0.05, 0.1) is 21.7 Å². The van der Waals surface area contributed by atoms with Crippen LogP contribution in [0.4, 0.5) is 0 Å². The normalized spacial score (nSPS) is 17.2.